The molecule has 0 saturated carbocycles. The van der Waals surface area contributed by atoms with Crippen LogP contribution < -0.4 is 5.32 Å². The molecule has 1 fully saturated rings. The van der Waals surface area contributed by atoms with Crippen LogP contribution in [0.1, 0.15) is 59.4 Å². The quantitative estimate of drug-likeness (QED) is 0.820. The minimum Gasteiger partial charge on any atom is -0.368 e. The van der Waals surface area contributed by atoms with E-state index in [9.17, 15) is 4.79 Å². The smallest absolute Gasteiger partial charge is 0.264 e. The average molecular weight is 337 g/mol. The van der Waals surface area contributed by atoms with Crippen molar-refractivity contribution in [2.75, 3.05) is 13.2 Å². The van der Waals surface area contributed by atoms with Crippen molar-refractivity contribution in [3.05, 3.63) is 22.3 Å². The van der Waals surface area contributed by atoms with E-state index in [4.69, 9.17) is 9.26 Å². The maximum atomic E-state index is 12.1. The number of nitrogens with one attached hydrogen (secondary N) is 1. The summed E-state index contributed by atoms with van der Waals surface area (Å²) < 4.78 is 14.6. The van der Waals surface area contributed by atoms with Crippen LogP contribution in [-0.2, 0) is 17.6 Å². The molecule has 0 aliphatic carbocycles. The Bertz CT molecular complexity index is 650. The van der Waals surface area contributed by atoms with Crippen LogP contribution in [0.3, 0.4) is 0 Å². The highest BCUT2D eigenvalue weighted by atomic mass is 32.1. The first-order valence-electron chi connectivity index (χ1n) is 7.81. The highest BCUT2D eigenvalue weighted by Gasteiger charge is 2.23. The minimum absolute atomic E-state index is 0.0780. The maximum absolute atomic E-state index is 12.1. The first kappa shape index (κ1) is 16.0. The van der Waals surface area contributed by atoms with Gasteiger partial charge in [0.05, 0.1) is 5.69 Å². The fourth-order valence-electron chi connectivity index (χ4n) is 2.42. The molecule has 0 bridgehead atoms. The lowest BCUT2D eigenvalue weighted by Crippen LogP contribution is -2.26. The number of aryl methyl sites for hydroxylation is 1. The van der Waals surface area contributed by atoms with Crippen molar-refractivity contribution < 1.29 is 14.1 Å². The van der Waals surface area contributed by atoms with E-state index in [0.29, 0.717) is 29.6 Å². The summed E-state index contributed by atoms with van der Waals surface area (Å²) in [7, 11) is 0. The molecular formula is C14H19N5O3S. The lowest BCUT2D eigenvalue weighted by atomic mass is 10.2. The molecular weight excluding hydrogens is 318 g/mol. The SMILES string of the molecule is CCCc1nnsc1C(=O)NCCc1noc([C@H]2CCCO2)n1. The Morgan fingerprint density at radius 2 is 2.35 bits per heavy atom. The fraction of sp³-hybridized carbons (Fsp3) is 0.643. The molecule has 1 aliphatic heterocycles. The first-order chi connectivity index (χ1) is 11.3. The van der Waals surface area contributed by atoms with Crippen LogP contribution >= 0.6 is 11.5 Å². The van der Waals surface area contributed by atoms with Gasteiger partial charge in [-0.15, -0.1) is 5.10 Å². The van der Waals surface area contributed by atoms with Crippen molar-refractivity contribution in [1.29, 1.82) is 0 Å². The normalized spacial score (nSPS) is 17.5. The summed E-state index contributed by atoms with van der Waals surface area (Å²) in [6.07, 6.45) is 4.05. The lowest BCUT2D eigenvalue weighted by molar-refractivity contribution is 0.0835. The van der Waals surface area contributed by atoms with E-state index in [1.165, 1.54) is 0 Å². The van der Waals surface area contributed by atoms with Crippen LogP contribution in [0.25, 0.3) is 0 Å². The number of carbonyl (C=O) groups is 1. The van der Waals surface area contributed by atoms with Gasteiger partial charge in [0.2, 0.25) is 0 Å². The van der Waals surface area contributed by atoms with Crippen molar-refractivity contribution in [2.24, 2.45) is 0 Å². The molecule has 1 N–H and O–H groups in total. The number of amides is 1. The van der Waals surface area contributed by atoms with E-state index in [0.717, 1.165) is 49.5 Å². The zero-order valence-corrected chi connectivity index (χ0v) is 13.8. The second kappa shape index (κ2) is 7.60. The third kappa shape index (κ3) is 3.91. The maximum Gasteiger partial charge on any atom is 0.264 e. The number of aromatic nitrogens is 4. The molecule has 9 heteroatoms. The molecule has 1 atom stereocenters. The second-order valence-electron chi connectivity index (χ2n) is 5.36. The predicted molar refractivity (Wildman–Crippen MR) is 82.2 cm³/mol. The molecule has 23 heavy (non-hydrogen) atoms. The fourth-order valence-corrected chi connectivity index (χ4v) is 3.05. The minimum atomic E-state index is -0.147. The van der Waals surface area contributed by atoms with Crippen molar-refractivity contribution >= 4 is 17.4 Å². The van der Waals surface area contributed by atoms with Gasteiger partial charge in [0, 0.05) is 19.6 Å². The van der Waals surface area contributed by atoms with E-state index in [1.807, 2.05) is 6.92 Å². The Morgan fingerprint density at radius 1 is 1.43 bits per heavy atom. The average Bonchev–Trinajstić information content (AvgIpc) is 3.28. The highest BCUT2D eigenvalue weighted by Crippen LogP contribution is 2.26. The van der Waals surface area contributed by atoms with E-state index in [1.54, 1.807) is 0 Å². The molecule has 3 heterocycles. The Morgan fingerprint density at radius 3 is 3.13 bits per heavy atom. The molecule has 0 unspecified atom stereocenters. The number of rotatable bonds is 7. The summed E-state index contributed by atoms with van der Waals surface area (Å²) in [5.74, 6) is 0.957. The lowest BCUT2D eigenvalue weighted by Gasteiger charge is -2.02. The molecule has 0 radical (unpaired) electrons. The molecule has 1 amide bonds. The van der Waals surface area contributed by atoms with Crippen molar-refractivity contribution in [3.63, 3.8) is 0 Å². The molecule has 0 spiro atoms. The number of hydrogen-bond donors (Lipinski definition) is 1. The Kier molecular flexibility index (Phi) is 5.29. The molecule has 0 aromatic carbocycles. The van der Waals surface area contributed by atoms with Crippen molar-refractivity contribution in [1.82, 2.24) is 25.0 Å². The van der Waals surface area contributed by atoms with Crippen LogP contribution in [0.15, 0.2) is 4.52 Å². The standard InChI is InChI=1S/C14H19N5O3S/c1-2-4-9-12(23-19-17-9)13(20)15-7-6-11-16-14(22-18-11)10-5-3-8-21-10/h10H,2-8H2,1H3,(H,15,20)/t10-/m1/s1. The zero-order valence-electron chi connectivity index (χ0n) is 12.9. The van der Waals surface area contributed by atoms with Crippen molar-refractivity contribution in [3.8, 4) is 0 Å². The van der Waals surface area contributed by atoms with Gasteiger partial charge in [-0.1, -0.05) is 23.0 Å². The van der Waals surface area contributed by atoms with Crippen LogP contribution in [0, 0.1) is 0 Å². The number of ether oxygens (including phenoxy) is 1. The van der Waals surface area contributed by atoms with Gasteiger partial charge < -0.3 is 14.6 Å². The van der Waals surface area contributed by atoms with Crippen LogP contribution in [-0.4, -0.2) is 38.8 Å². The highest BCUT2D eigenvalue weighted by molar-refractivity contribution is 7.08. The molecule has 3 rings (SSSR count). The Hall–Kier alpha value is -1.87. The van der Waals surface area contributed by atoms with E-state index in [-0.39, 0.29) is 12.0 Å². The van der Waals surface area contributed by atoms with Gasteiger partial charge in [0.25, 0.3) is 11.8 Å². The summed E-state index contributed by atoms with van der Waals surface area (Å²) >= 11 is 1.13. The molecule has 124 valence electrons. The largest absolute Gasteiger partial charge is 0.368 e. The molecule has 2 aromatic heterocycles. The van der Waals surface area contributed by atoms with Crippen LogP contribution in [0.4, 0.5) is 0 Å². The molecule has 8 nitrogen and oxygen atoms in total. The van der Waals surface area contributed by atoms with E-state index >= 15 is 0 Å². The number of nitrogens with zero attached hydrogens (tertiary/aromatic N) is 4. The number of hydrogen-bond acceptors (Lipinski definition) is 8. The predicted octanol–water partition coefficient (Wildman–Crippen LogP) is 1.70. The molecule has 1 saturated heterocycles. The van der Waals surface area contributed by atoms with Gasteiger partial charge in [0.15, 0.2) is 5.82 Å². The number of carbonyl (C=O) groups excluding carboxylic acids is 1. The van der Waals surface area contributed by atoms with Crippen molar-refractivity contribution in [2.45, 2.75) is 45.1 Å². The van der Waals surface area contributed by atoms with E-state index < -0.39 is 0 Å². The van der Waals surface area contributed by atoms with Gasteiger partial charge in [0.1, 0.15) is 11.0 Å². The van der Waals surface area contributed by atoms with Gasteiger partial charge >= 0.3 is 0 Å². The van der Waals surface area contributed by atoms with Gasteiger partial charge in [-0.2, -0.15) is 4.98 Å². The summed E-state index contributed by atoms with van der Waals surface area (Å²) in [5, 5.41) is 10.8. The zero-order chi connectivity index (χ0) is 16.1. The Balaban J connectivity index is 1.49. The van der Waals surface area contributed by atoms with Crippen LogP contribution in [0.2, 0.25) is 0 Å². The van der Waals surface area contributed by atoms with Gasteiger partial charge in [-0.25, -0.2) is 0 Å². The topological polar surface area (TPSA) is 103 Å². The Labute approximate surface area is 137 Å². The molecule has 1 aliphatic rings. The molecule has 2 aromatic rings. The summed E-state index contributed by atoms with van der Waals surface area (Å²) in [6, 6.07) is 0. The third-order valence-electron chi connectivity index (χ3n) is 3.57. The second-order valence-corrected chi connectivity index (χ2v) is 6.11. The third-order valence-corrected chi connectivity index (χ3v) is 4.34. The first-order valence-corrected chi connectivity index (χ1v) is 8.58. The van der Waals surface area contributed by atoms with E-state index in [2.05, 4.69) is 25.0 Å². The van der Waals surface area contributed by atoms with Crippen LogP contribution in [0.5, 0.6) is 0 Å². The summed E-state index contributed by atoms with van der Waals surface area (Å²) in [4.78, 5) is 17.0. The van der Waals surface area contributed by atoms with Gasteiger partial charge in [-0.3, -0.25) is 4.79 Å². The summed E-state index contributed by atoms with van der Waals surface area (Å²) in [6.45, 7) is 3.22. The van der Waals surface area contributed by atoms with Gasteiger partial charge in [-0.05, 0) is 30.8 Å². The monoisotopic (exact) mass is 337 g/mol. The summed E-state index contributed by atoms with van der Waals surface area (Å²) in [5.41, 5.74) is 0.759.